The van der Waals surface area contributed by atoms with Gasteiger partial charge in [0, 0.05) is 23.5 Å². The van der Waals surface area contributed by atoms with Gasteiger partial charge >= 0.3 is 0 Å². The number of aryl methyl sites for hydroxylation is 1. The van der Waals surface area contributed by atoms with Gasteiger partial charge in [0.25, 0.3) is 5.91 Å². The molecule has 2 heterocycles. The van der Waals surface area contributed by atoms with Crippen LogP contribution in [0.2, 0.25) is 5.02 Å². The molecular weight excluding hydrogens is 321 g/mol. The minimum absolute atomic E-state index is 0.172. The molecule has 3 aromatic rings. The van der Waals surface area contributed by atoms with E-state index < -0.39 is 11.7 Å². The van der Waals surface area contributed by atoms with E-state index in [1.807, 2.05) is 6.92 Å². The van der Waals surface area contributed by atoms with Crippen LogP contribution >= 0.6 is 11.6 Å². The van der Waals surface area contributed by atoms with Crippen molar-refractivity contribution in [2.75, 3.05) is 12.4 Å². The number of benzene rings is 1. The van der Waals surface area contributed by atoms with E-state index in [9.17, 15) is 9.18 Å². The largest absolute Gasteiger partial charge is 0.495 e. The molecule has 2 aromatic heterocycles. The molecule has 0 fully saturated rings. The molecular formula is C16H13ClFN3O2. The Morgan fingerprint density at radius 3 is 2.87 bits per heavy atom. The van der Waals surface area contributed by atoms with Crippen molar-refractivity contribution in [2.45, 2.75) is 6.92 Å². The number of carbonyl (C=O) groups is 1. The summed E-state index contributed by atoms with van der Waals surface area (Å²) in [6.45, 7) is 1.82. The minimum Gasteiger partial charge on any atom is -0.495 e. The number of aromatic nitrogens is 2. The molecule has 23 heavy (non-hydrogen) atoms. The Hall–Kier alpha value is -2.60. The quantitative estimate of drug-likeness (QED) is 0.795. The van der Waals surface area contributed by atoms with Crippen LogP contribution in [0.3, 0.4) is 0 Å². The molecule has 1 amide bonds. The fourth-order valence-electron chi connectivity index (χ4n) is 2.19. The van der Waals surface area contributed by atoms with Crippen LogP contribution in [-0.2, 0) is 0 Å². The third-order valence-corrected chi connectivity index (χ3v) is 3.78. The molecule has 0 saturated heterocycles. The zero-order valence-electron chi connectivity index (χ0n) is 12.4. The lowest BCUT2D eigenvalue weighted by Crippen LogP contribution is -2.13. The van der Waals surface area contributed by atoms with Crippen molar-refractivity contribution in [3.63, 3.8) is 0 Å². The van der Waals surface area contributed by atoms with Crippen LogP contribution in [-0.4, -0.2) is 22.4 Å². The van der Waals surface area contributed by atoms with Gasteiger partial charge < -0.3 is 14.5 Å². The Bertz CT molecular complexity index is 908. The third-order valence-electron chi connectivity index (χ3n) is 3.38. The number of carbonyl (C=O) groups excluding carboxylic acids is 1. The number of halogens is 2. The zero-order chi connectivity index (χ0) is 16.6. The van der Waals surface area contributed by atoms with Crippen LogP contribution in [0.5, 0.6) is 5.75 Å². The van der Waals surface area contributed by atoms with Crippen molar-refractivity contribution >= 4 is 28.8 Å². The Kier molecular flexibility index (Phi) is 3.92. The van der Waals surface area contributed by atoms with Crippen LogP contribution in [0.4, 0.5) is 10.1 Å². The maximum Gasteiger partial charge on any atom is 0.275 e. The minimum atomic E-state index is -0.422. The molecule has 7 heteroatoms. The first-order chi connectivity index (χ1) is 11.0. The number of imidazole rings is 1. The van der Waals surface area contributed by atoms with E-state index >= 15 is 0 Å². The number of amides is 1. The van der Waals surface area contributed by atoms with Gasteiger partial charge in [-0.1, -0.05) is 11.6 Å². The van der Waals surface area contributed by atoms with E-state index in [2.05, 4.69) is 10.3 Å². The molecule has 5 nitrogen and oxygen atoms in total. The van der Waals surface area contributed by atoms with Crippen molar-refractivity contribution < 1.29 is 13.9 Å². The lowest BCUT2D eigenvalue weighted by atomic mass is 10.2. The van der Waals surface area contributed by atoms with Gasteiger partial charge in [0.15, 0.2) is 0 Å². The molecule has 0 bridgehead atoms. The standard InChI is InChI=1S/C16H13ClFN3O2/c1-9-5-12(14(23-2)6-11(9)17)20-16(22)13-8-21-7-10(18)3-4-15(21)19-13/h3-8H,1-2H3,(H,20,22). The van der Waals surface area contributed by atoms with E-state index in [4.69, 9.17) is 16.3 Å². The fourth-order valence-corrected chi connectivity index (χ4v) is 2.34. The van der Waals surface area contributed by atoms with E-state index in [1.165, 1.54) is 36.0 Å². The van der Waals surface area contributed by atoms with Gasteiger partial charge in [0.05, 0.1) is 12.8 Å². The molecule has 0 spiro atoms. The molecule has 0 radical (unpaired) electrons. The first-order valence-electron chi connectivity index (χ1n) is 6.77. The molecule has 118 valence electrons. The van der Waals surface area contributed by atoms with E-state index in [-0.39, 0.29) is 5.69 Å². The fraction of sp³-hybridized carbons (Fsp3) is 0.125. The summed E-state index contributed by atoms with van der Waals surface area (Å²) >= 11 is 6.04. The van der Waals surface area contributed by atoms with Crippen LogP contribution in [0.15, 0.2) is 36.7 Å². The molecule has 3 rings (SSSR count). The Labute approximate surface area is 136 Å². The highest BCUT2D eigenvalue weighted by molar-refractivity contribution is 6.31. The normalized spacial score (nSPS) is 10.8. The van der Waals surface area contributed by atoms with Gasteiger partial charge in [0.1, 0.15) is 22.9 Å². The van der Waals surface area contributed by atoms with E-state index in [0.717, 1.165) is 5.56 Å². The second-order valence-corrected chi connectivity index (χ2v) is 5.40. The summed E-state index contributed by atoms with van der Waals surface area (Å²) < 4.78 is 19.9. The molecule has 0 aliphatic rings. The van der Waals surface area contributed by atoms with Gasteiger partial charge in [0.2, 0.25) is 0 Å². The van der Waals surface area contributed by atoms with Crippen LogP contribution in [0.1, 0.15) is 16.1 Å². The second-order valence-electron chi connectivity index (χ2n) is 4.99. The summed E-state index contributed by atoms with van der Waals surface area (Å²) in [5, 5.41) is 3.27. The number of nitrogens with one attached hydrogen (secondary N) is 1. The summed E-state index contributed by atoms with van der Waals surface area (Å²) in [5.41, 5.74) is 1.95. The van der Waals surface area contributed by atoms with Crippen molar-refractivity contribution in [1.29, 1.82) is 0 Å². The van der Waals surface area contributed by atoms with Gasteiger partial charge in [-0.2, -0.15) is 0 Å². The first-order valence-corrected chi connectivity index (χ1v) is 7.15. The smallest absolute Gasteiger partial charge is 0.275 e. The molecule has 1 aromatic carbocycles. The first kappa shape index (κ1) is 15.3. The zero-order valence-corrected chi connectivity index (χ0v) is 13.2. The summed E-state index contributed by atoms with van der Waals surface area (Å²) in [6.07, 6.45) is 2.72. The molecule has 0 saturated carbocycles. The highest BCUT2D eigenvalue weighted by atomic mass is 35.5. The van der Waals surface area contributed by atoms with Gasteiger partial charge in [-0.05, 0) is 30.7 Å². The van der Waals surface area contributed by atoms with Gasteiger partial charge in [-0.3, -0.25) is 4.79 Å². The maximum absolute atomic E-state index is 13.2. The third kappa shape index (κ3) is 2.98. The summed E-state index contributed by atoms with van der Waals surface area (Å²) in [5.74, 6) is -0.380. The van der Waals surface area contributed by atoms with Crippen LogP contribution in [0, 0.1) is 12.7 Å². The van der Waals surface area contributed by atoms with E-state index in [0.29, 0.717) is 22.1 Å². The number of pyridine rings is 1. The number of fused-ring (bicyclic) bond motifs is 1. The number of nitrogens with zero attached hydrogens (tertiary/aromatic N) is 2. The number of rotatable bonds is 3. The molecule has 1 N–H and O–H groups in total. The highest BCUT2D eigenvalue weighted by Gasteiger charge is 2.15. The molecule has 0 aliphatic heterocycles. The summed E-state index contributed by atoms with van der Waals surface area (Å²) in [6, 6.07) is 6.13. The van der Waals surface area contributed by atoms with Crippen molar-refractivity contribution in [3.05, 3.63) is 58.8 Å². The summed E-state index contributed by atoms with van der Waals surface area (Å²) in [4.78, 5) is 16.5. The highest BCUT2D eigenvalue weighted by Crippen LogP contribution is 2.31. The lowest BCUT2D eigenvalue weighted by Gasteiger charge is -2.11. The van der Waals surface area contributed by atoms with Crippen molar-refractivity contribution in [2.24, 2.45) is 0 Å². The number of hydrogen-bond acceptors (Lipinski definition) is 3. The predicted octanol–water partition coefficient (Wildman–Crippen LogP) is 3.70. The maximum atomic E-state index is 13.2. The molecule has 0 atom stereocenters. The van der Waals surface area contributed by atoms with Crippen molar-refractivity contribution in [3.8, 4) is 5.75 Å². The van der Waals surface area contributed by atoms with Gasteiger partial charge in [-0.15, -0.1) is 0 Å². The Morgan fingerprint density at radius 2 is 2.13 bits per heavy atom. The number of hydrogen-bond donors (Lipinski definition) is 1. The predicted molar refractivity (Wildman–Crippen MR) is 85.8 cm³/mol. The Balaban J connectivity index is 1.93. The van der Waals surface area contributed by atoms with Gasteiger partial charge in [-0.25, -0.2) is 9.37 Å². The SMILES string of the molecule is COc1cc(Cl)c(C)cc1NC(=O)c1cn2cc(F)ccc2n1. The Morgan fingerprint density at radius 1 is 1.35 bits per heavy atom. The van der Waals surface area contributed by atoms with Crippen LogP contribution < -0.4 is 10.1 Å². The lowest BCUT2D eigenvalue weighted by molar-refractivity contribution is 0.102. The average Bonchev–Trinajstić information content (AvgIpc) is 2.93. The van der Waals surface area contributed by atoms with Crippen molar-refractivity contribution in [1.82, 2.24) is 9.38 Å². The average molecular weight is 334 g/mol. The number of anilines is 1. The second kappa shape index (κ2) is 5.89. The number of ether oxygens (including phenoxy) is 1. The topological polar surface area (TPSA) is 55.6 Å². The summed E-state index contributed by atoms with van der Waals surface area (Å²) in [7, 11) is 1.49. The molecule has 0 aliphatic carbocycles. The number of methoxy groups -OCH3 is 1. The monoisotopic (exact) mass is 333 g/mol. The molecule has 0 unspecified atom stereocenters. The van der Waals surface area contributed by atoms with Crippen LogP contribution in [0.25, 0.3) is 5.65 Å². The van der Waals surface area contributed by atoms with E-state index in [1.54, 1.807) is 12.1 Å².